The molecule has 0 spiro atoms. The molecule has 0 unspecified atom stereocenters. The molecule has 1 N–H and O–H groups in total. The van der Waals surface area contributed by atoms with Crippen molar-refractivity contribution < 1.29 is 14.1 Å². The van der Waals surface area contributed by atoms with Gasteiger partial charge in [0.2, 0.25) is 0 Å². The summed E-state index contributed by atoms with van der Waals surface area (Å²) < 4.78 is 15.4. The summed E-state index contributed by atoms with van der Waals surface area (Å²) >= 11 is 1.78. The van der Waals surface area contributed by atoms with Gasteiger partial charge in [-0.3, -0.25) is 0 Å². The summed E-state index contributed by atoms with van der Waals surface area (Å²) in [6.45, 7) is 3.34. The van der Waals surface area contributed by atoms with Gasteiger partial charge in [-0.15, -0.1) is 0 Å². The van der Waals surface area contributed by atoms with Gasteiger partial charge in [-0.2, -0.15) is 0 Å². The van der Waals surface area contributed by atoms with Crippen LogP contribution in [0.25, 0.3) is 0 Å². The van der Waals surface area contributed by atoms with E-state index in [4.69, 9.17) is 0 Å². The van der Waals surface area contributed by atoms with Crippen molar-refractivity contribution in [2.24, 2.45) is 0 Å². The van der Waals surface area contributed by atoms with Gasteiger partial charge in [0, 0.05) is 11.3 Å². The number of amidine groups is 1. The number of para-hydroxylation sites is 1. The summed E-state index contributed by atoms with van der Waals surface area (Å²) in [6, 6.07) is 14.4. The second-order valence-electron chi connectivity index (χ2n) is 6.33. The number of aliphatic hydroxyl groups is 1. The molecular weight excluding hydrogens is 323 g/mol. The molecule has 0 saturated carbocycles. The molecule has 0 radical (unpaired) electrons. The number of rotatable bonds is 2. The smallest absolute Gasteiger partial charge is 0.316 e. The molecule has 3 nitrogen and oxygen atoms in total. The number of anilines is 1. The van der Waals surface area contributed by atoms with E-state index >= 15 is 0 Å². The van der Waals surface area contributed by atoms with Gasteiger partial charge in [-0.05, 0) is 61.0 Å². The molecular formula is C19H20FN2OS+. The largest absolute Gasteiger partial charge is 0.346 e. The predicted molar refractivity (Wildman–Crippen MR) is 96.0 cm³/mol. The first kappa shape index (κ1) is 15.7. The van der Waals surface area contributed by atoms with E-state index in [-0.39, 0.29) is 5.82 Å². The number of thioether (sulfide) groups is 1. The first-order valence-corrected chi connectivity index (χ1v) is 9.17. The lowest BCUT2D eigenvalue weighted by Crippen LogP contribution is -2.41. The standard InChI is InChI=1S/C19H20FN2OS/c1-14-5-2-3-6-17(14)21-13-19(23,15-7-9-16(20)10-8-15)22-11-4-12-24-18(21)22/h2-3,5-10,23H,4,11-13H2,1H3/q+1/t19-/m1/s1. The minimum absolute atomic E-state index is 0.284. The van der Waals surface area contributed by atoms with Crippen LogP contribution in [0.1, 0.15) is 17.5 Å². The van der Waals surface area contributed by atoms with Crippen LogP contribution in [0.5, 0.6) is 0 Å². The van der Waals surface area contributed by atoms with Gasteiger partial charge in [0.05, 0.1) is 6.54 Å². The van der Waals surface area contributed by atoms with Crippen molar-refractivity contribution in [2.75, 3.05) is 23.7 Å². The van der Waals surface area contributed by atoms with Crippen LogP contribution in [-0.4, -0.2) is 33.7 Å². The van der Waals surface area contributed by atoms with E-state index in [0.717, 1.165) is 35.1 Å². The van der Waals surface area contributed by atoms with Crippen LogP contribution in [0, 0.1) is 12.7 Å². The normalized spacial score (nSPS) is 23.5. The van der Waals surface area contributed by atoms with Crippen LogP contribution in [0.2, 0.25) is 0 Å². The second-order valence-corrected chi connectivity index (χ2v) is 7.39. The van der Waals surface area contributed by atoms with Gasteiger partial charge in [0.1, 0.15) is 11.5 Å². The third-order valence-electron chi connectivity index (χ3n) is 4.76. The zero-order valence-electron chi connectivity index (χ0n) is 13.6. The van der Waals surface area contributed by atoms with Gasteiger partial charge in [0.15, 0.2) is 6.54 Å². The number of hydrogen-bond acceptors (Lipinski definition) is 3. The van der Waals surface area contributed by atoms with Crippen molar-refractivity contribution in [3.05, 3.63) is 65.5 Å². The summed E-state index contributed by atoms with van der Waals surface area (Å²) in [5, 5.41) is 12.6. The lowest BCUT2D eigenvalue weighted by atomic mass is 10.0. The van der Waals surface area contributed by atoms with Gasteiger partial charge >= 0.3 is 5.17 Å². The lowest BCUT2D eigenvalue weighted by molar-refractivity contribution is -0.656. The number of benzene rings is 2. The molecule has 0 aromatic heterocycles. The topological polar surface area (TPSA) is 26.5 Å². The van der Waals surface area contributed by atoms with Crippen molar-refractivity contribution in [1.29, 1.82) is 0 Å². The first-order chi connectivity index (χ1) is 11.6. The molecule has 2 aliphatic rings. The Morgan fingerprint density at radius 1 is 1.17 bits per heavy atom. The summed E-state index contributed by atoms with van der Waals surface area (Å²) in [4.78, 5) is 2.20. The van der Waals surface area contributed by atoms with Crippen molar-refractivity contribution in [3.63, 3.8) is 0 Å². The van der Waals surface area contributed by atoms with E-state index in [1.807, 2.05) is 12.1 Å². The highest BCUT2D eigenvalue weighted by molar-refractivity contribution is 8.13. The molecule has 2 aliphatic heterocycles. The Morgan fingerprint density at radius 2 is 1.92 bits per heavy atom. The maximum atomic E-state index is 13.3. The van der Waals surface area contributed by atoms with Crippen LogP contribution in [0.3, 0.4) is 0 Å². The number of hydrogen-bond donors (Lipinski definition) is 1. The summed E-state index contributed by atoms with van der Waals surface area (Å²) in [5.74, 6) is 0.765. The average molecular weight is 343 g/mol. The Hall–Kier alpha value is -1.85. The minimum atomic E-state index is -1.13. The molecule has 2 aromatic rings. The molecule has 0 fully saturated rings. The van der Waals surface area contributed by atoms with Gasteiger partial charge < -0.3 is 5.11 Å². The second kappa shape index (κ2) is 5.90. The molecule has 0 aliphatic carbocycles. The van der Waals surface area contributed by atoms with Gasteiger partial charge in [-0.25, -0.2) is 13.9 Å². The lowest BCUT2D eigenvalue weighted by Gasteiger charge is -2.24. The fraction of sp³-hybridized carbons (Fsp3) is 0.316. The molecule has 2 heterocycles. The van der Waals surface area contributed by atoms with Crippen LogP contribution >= 0.6 is 11.8 Å². The van der Waals surface area contributed by atoms with Gasteiger partial charge in [-0.1, -0.05) is 18.2 Å². The maximum absolute atomic E-state index is 13.3. The van der Waals surface area contributed by atoms with E-state index in [2.05, 4.69) is 28.5 Å². The molecule has 0 saturated heterocycles. The monoisotopic (exact) mass is 343 g/mol. The minimum Gasteiger partial charge on any atom is -0.346 e. The number of halogens is 1. The number of aryl methyl sites for hydroxylation is 1. The van der Waals surface area contributed by atoms with Crippen molar-refractivity contribution in [1.82, 2.24) is 0 Å². The average Bonchev–Trinajstić information content (AvgIpc) is 2.90. The third kappa shape index (κ3) is 2.43. The van der Waals surface area contributed by atoms with Crippen molar-refractivity contribution in [2.45, 2.75) is 19.1 Å². The Kier molecular flexibility index (Phi) is 3.85. The van der Waals surface area contributed by atoms with E-state index in [1.165, 1.54) is 17.7 Å². The Labute approximate surface area is 145 Å². The van der Waals surface area contributed by atoms with Crippen LogP contribution in [0.15, 0.2) is 48.5 Å². The first-order valence-electron chi connectivity index (χ1n) is 8.18. The zero-order valence-corrected chi connectivity index (χ0v) is 14.4. The molecule has 4 rings (SSSR count). The molecule has 2 aromatic carbocycles. The van der Waals surface area contributed by atoms with Crippen molar-refractivity contribution >= 4 is 22.6 Å². The maximum Gasteiger partial charge on any atom is 0.316 e. The molecule has 24 heavy (non-hydrogen) atoms. The van der Waals surface area contributed by atoms with Gasteiger partial charge in [0.25, 0.3) is 5.72 Å². The fourth-order valence-electron chi connectivity index (χ4n) is 3.52. The predicted octanol–water partition coefficient (Wildman–Crippen LogP) is 3.30. The summed E-state index contributed by atoms with van der Waals surface area (Å²) in [5.41, 5.74) is 1.91. The molecule has 5 heteroatoms. The number of nitrogens with zero attached hydrogens (tertiary/aromatic N) is 2. The fourth-order valence-corrected chi connectivity index (χ4v) is 4.69. The molecule has 0 bridgehead atoms. The summed E-state index contributed by atoms with van der Waals surface area (Å²) in [7, 11) is 0. The quantitative estimate of drug-likeness (QED) is 0.848. The van der Waals surface area contributed by atoms with Crippen LogP contribution in [0.4, 0.5) is 10.1 Å². The van der Waals surface area contributed by atoms with Crippen LogP contribution < -0.4 is 4.90 Å². The highest BCUT2D eigenvalue weighted by atomic mass is 32.2. The number of β-amino-alcohol motifs (C(OH)–C–C–N with tert-alkyl or cyclic N) is 1. The molecule has 0 amide bonds. The Bertz CT molecular complexity index is 805. The third-order valence-corrected chi connectivity index (χ3v) is 5.95. The van der Waals surface area contributed by atoms with E-state index < -0.39 is 5.72 Å². The Morgan fingerprint density at radius 3 is 2.67 bits per heavy atom. The van der Waals surface area contributed by atoms with Crippen LogP contribution in [-0.2, 0) is 5.72 Å². The Balaban J connectivity index is 1.82. The SMILES string of the molecule is Cc1ccccc1N1C[C@@](O)(c2ccc(F)cc2)[N+]2=C1SCCC2. The highest BCUT2D eigenvalue weighted by Gasteiger charge is 2.53. The molecule has 124 valence electrons. The van der Waals surface area contributed by atoms with E-state index in [0.29, 0.717) is 6.54 Å². The highest BCUT2D eigenvalue weighted by Crippen LogP contribution is 2.38. The van der Waals surface area contributed by atoms with Crippen molar-refractivity contribution in [3.8, 4) is 0 Å². The zero-order chi connectivity index (χ0) is 16.7. The summed E-state index contributed by atoms with van der Waals surface area (Å²) in [6.07, 6.45) is 1.03. The van der Waals surface area contributed by atoms with E-state index in [1.54, 1.807) is 23.9 Å². The van der Waals surface area contributed by atoms with E-state index in [9.17, 15) is 9.50 Å². The molecule has 1 atom stereocenters.